The molecule has 28 heavy (non-hydrogen) atoms. The van der Waals surface area contributed by atoms with E-state index in [9.17, 15) is 13.2 Å². The van der Waals surface area contributed by atoms with Crippen LogP contribution in [0.2, 0.25) is 0 Å². The van der Waals surface area contributed by atoms with Crippen LogP contribution >= 0.6 is 0 Å². The number of benzene rings is 1. The van der Waals surface area contributed by atoms with Gasteiger partial charge in [-0.1, -0.05) is 18.2 Å². The third-order valence-corrected chi connectivity index (χ3v) is 6.59. The van der Waals surface area contributed by atoms with Crippen molar-refractivity contribution in [2.45, 2.75) is 30.7 Å². The Kier molecular flexibility index (Phi) is 6.77. The molecule has 0 aliphatic carbocycles. The van der Waals surface area contributed by atoms with Gasteiger partial charge >= 0.3 is 0 Å². The van der Waals surface area contributed by atoms with Gasteiger partial charge in [-0.3, -0.25) is 9.78 Å². The van der Waals surface area contributed by atoms with Crippen LogP contribution in [-0.4, -0.2) is 49.9 Å². The largest absolute Gasteiger partial charge is 0.379 e. The van der Waals surface area contributed by atoms with E-state index in [-0.39, 0.29) is 16.8 Å². The van der Waals surface area contributed by atoms with Crippen molar-refractivity contribution < 1.29 is 17.9 Å². The van der Waals surface area contributed by atoms with E-state index in [1.165, 1.54) is 4.31 Å². The zero-order valence-corrected chi connectivity index (χ0v) is 16.7. The molecular formula is C20H25N3O4S. The second kappa shape index (κ2) is 9.27. The maximum Gasteiger partial charge on any atom is 0.243 e. The highest BCUT2D eigenvalue weighted by atomic mass is 32.2. The lowest BCUT2D eigenvalue weighted by Gasteiger charge is -2.26. The van der Waals surface area contributed by atoms with Gasteiger partial charge in [-0.15, -0.1) is 0 Å². The highest BCUT2D eigenvalue weighted by Crippen LogP contribution is 2.18. The van der Waals surface area contributed by atoms with E-state index in [1.807, 2.05) is 25.1 Å². The van der Waals surface area contributed by atoms with Gasteiger partial charge in [-0.2, -0.15) is 4.31 Å². The van der Waals surface area contributed by atoms with Gasteiger partial charge in [-0.05, 0) is 43.2 Å². The molecular weight excluding hydrogens is 378 g/mol. The number of nitrogens with one attached hydrogen (secondary N) is 1. The van der Waals surface area contributed by atoms with Crippen LogP contribution in [0.1, 0.15) is 30.6 Å². The molecule has 1 aliphatic rings. The molecule has 0 saturated carbocycles. The molecule has 2 aromatic rings. The molecule has 150 valence electrons. The second-order valence-electron chi connectivity index (χ2n) is 6.70. The lowest BCUT2D eigenvalue weighted by atomic mass is 10.1. The highest BCUT2D eigenvalue weighted by molar-refractivity contribution is 7.89. The van der Waals surface area contributed by atoms with Crippen molar-refractivity contribution in [2.75, 3.05) is 26.3 Å². The number of rotatable bonds is 7. The first-order valence-electron chi connectivity index (χ1n) is 9.34. The summed E-state index contributed by atoms with van der Waals surface area (Å²) in [5.41, 5.74) is 1.73. The van der Waals surface area contributed by atoms with Crippen LogP contribution in [0.3, 0.4) is 0 Å². The Bertz CT molecular complexity index is 879. The first-order chi connectivity index (χ1) is 13.5. The summed E-state index contributed by atoms with van der Waals surface area (Å²) in [5, 5.41) is 2.93. The molecule has 2 heterocycles. The number of nitrogens with zero attached hydrogens (tertiary/aromatic N) is 2. The molecule has 1 aromatic carbocycles. The van der Waals surface area contributed by atoms with E-state index in [2.05, 4.69) is 10.3 Å². The molecule has 0 spiro atoms. The molecule has 7 nitrogen and oxygen atoms in total. The Labute approximate surface area is 165 Å². The average molecular weight is 404 g/mol. The maximum atomic E-state index is 12.6. The topological polar surface area (TPSA) is 88.6 Å². The summed E-state index contributed by atoms with van der Waals surface area (Å²) in [4.78, 5) is 16.7. The Morgan fingerprint density at radius 1 is 1.18 bits per heavy atom. The zero-order valence-electron chi connectivity index (χ0n) is 15.9. The normalized spacial score (nSPS) is 16.5. The molecule has 0 bridgehead atoms. The van der Waals surface area contributed by atoms with Gasteiger partial charge < -0.3 is 10.1 Å². The zero-order chi connectivity index (χ0) is 20.0. The number of pyridine rings is 1. The predicted molar refractivity (Wildman–Crippen MR) is 105 cm³/mol. The number of carbonyl (C=O) groups is 1. The first-order valence-corrected chi connectivity index (χ1v) is 10.8. The molecule has 1 N–H and O–H groups in total. The van der Waals surface area contributed by atoms with E-state index in [4.69, 9.17) is 4.74 Å². The summed E-state index contributed by atoms with van der Waals surface area (Å²) in [6.07, 6.45) is 2.57. The van der Waals surface area contributed by atoms with Crippen molar-refractivity contribution in [1.82, 2.24) is 14.6 Å². The molecule has 1 amide bonds. The Morgan fingerprint density at radius 2 is 1.89 bits per heavy atom. The minimum Gasteiger partial charge on any atom is -0.379 e. The van der Waals surface area contributed by atoms with Crippen LogP contribution in [0.15, 0.2) is 53.6 Å². The Hall–Kier alpha value is -2.29. The number of hydrogen-bond acceptors (Lipinski definition) is 5. The van der Waals surface area contributed by atoms with E-state index in [0.717, 1.165) is 11.3 Å². The minimum absolute atomic E-state index is 0.0665. The molecule has 1 saturated heterocycles. The molecule has 3 rings (SSSR count). The smallest absolute Gasteiger partial charge is 0.243 e. The fourth-order valence-electron chi connectivity index (χ4n) is 3.04. The summed E-state index contributed by atoms with van der Waals surface area (Å²) in [5.74, 6) is -0.0665. The van der Waals surface area contributed by atoms with Gasteiger partial charge in [0.05, 0.1) is 29.8 Å². The van der Waals surface area contributed by atoms with E-state index >= 15 is 0 Å². The number of hydrogen-bond donors (Lipinski definition) is 1. The molecule has 0 radical (unpaired) electrons. The SMILES string of the molecule is C[C@H](NC(=O)CCc1ccc(S(=O)(=O)N2CCOCC2)cc1)c1ccccn1. The van der Waals surface area contributed by atoms with Gasteiger partial charge in [0.2, 0.25) is 15.9 Å². The van der Waals surface area contributed by atoms with Gasteiger partial charge in [0, 0.05) is 25.7 Å². The number of aromatic nitrogens is 1. The third kappa shape index (κ3) is 5.15. The van der Waals surface area contributed by atoms with Crippen LogP contribution in [-0.2, 0) is 26.0 Å². The van der Waals surface area contributed by atoms with Crippen molar-refractivity contribution in [1.29, 1.82) is 0 Å². The highest BCUT2D eigenvalue weighted by Gasteiger charge is 2.26. The monoisotopic (exact) mass is 403 g/mol. The molecule has 1 aromatic heterocycles. The summed E-state index contributed by atoms with van der Waals surface area (Å²) in [7, 11) is -3.49. The third-order valence-electron chi connectivity index (χ3n) is 4.68. The van der Waals surface area contributed by atoms with E-state index in [0.29, 0.717) is 39.1 Å². The van der Waals surface area contributed by atoms with Gasteiger partial charge in [0.15, 0.2) is 0 Å². The van der Waals surface area contributed by atoms with E-state index < -0.39 is 10.0 Å². The fourth-order valence-corrected chi connectivity index (χ4v) is 4.45. The first kappa shape index (κ1) is 20.4. The number of aryl methyl sites for hydroxylation is 1. The number of sulfonamides is 1. The summed E-state index contributed by atoms with van der Waals surface area (Å²) >= 11 is 0. The van der Waals surface area contributed by atoms with E-state index in [1.54, 1.807) is 30.5 Å². The summed E-state index contributed by atoms with van der Waals surface area (Å²) < 4.78 is 31.9. The van der Waals surface area contributed by atoms with Crippen LogP contribution in [0, 0.1) is 0 Å². The van der Waals surface area contributed by atoms with Crippen molar-refractivity contribution in [3.05, 3.63) is 59.9 Å². The van der Waals surface area contributed by atoms with Crippen molar-refractivity contribution in [3.8, 4) is 0 Å². The molecule has 8 heteroatoms. The Morgan fingerprint density at radius 3 is 2.54 bits per heavy atom. The van der Waals surface area contributed by atoms with Crippen molar-refractivity contribution in [2.24, 2.45) is 0 Å². The Balaban J connectivity index is 1.53. The van der Waals surface area contributed by atoms with Crippen LogP contribution in [0.5, 0.6) is 0 Å². The minimum atomic E-state index is -3.49. The average Bonchev–Trinajstić information content (AvgIpc) is 2.74. The number of morpholine rings is 1. The number of carbonyl (C=O) groups excluding carboxylic acids is 1. The van der Waals surface area contributed by atoms with Crippen molar-refractivity contribution >= 4 is 15.9 Å². The van der Waals surface area contributed by atoms with Gasteiger partial charge in [0.25, 0.3) is 0 Å². The lowest BCUT2D eigenvalue weighted by Crippen LogP contribution is -2.40. The number of ether oxygens (including phenoxy) is 1. The molecule has 1 aliphatic heterocycles. The van der Waals surface area contributed by atoms with Crippen LogP contribution in [0.4, 0.5) is 0 Å². The predicted octanol–water partition coefficient (Wildman–Crippen LogP) is 1.91. The molecule has 1 fully saturated rings. The molecule has 0 unspecified atom stereocenters. The quantitative estimate of drug-likeness (QED) is 0.763. The maximum absolute atomic E-state index is 12.6. The lowest BCUT2D eigenvalue weighted by molar-refractivity contribution is -0.121. The fraction of sp³-hybridized carbons (Fsp3) is 0.400. The van der Waals surface area contributed by atoms with Gasteiger partial charge in [-0.25, -0.2) is 8.42 Å². The number of amides is 1. The van der Waals surface area contributed by atoms with Crippen LogP contribution in [0.25, 0.3) is 0 Å². The van der Waals surface area contributed by atoms with Crippen molar-refractivity contribution in [3.63, 3.8) is 0 Å². The second-order valence-corrected chi connectivity index (χ2v) is 8.64. The molecule has 1 atom stereocenters. The van der Waals surface area contributed by atoms with Gasteiger partial charge in [0.1, 0.15) is 0 Å². The summed E-state index contributed by atoms with van der Waals surface area (Å²) in [6, 6.07) is 12.2. The van der Waals surface area contributed by atoms with Crippen LogP contribution < -0.4 is 5.32 Å². The summed E-state index contributed by atoms with van der Waals surface area (Å²) in [6.45, 7) is 3.48. The standard InChI is InChI=1S/C20H25N3O4S/c1-16(19-4-2-3-11-21-19)22-20(24)10-7-17-5-8-18(9-6-17)28(25,26)23-12-14-27-15-13-23/h2-6,8-9,11,16H,7,10,12-15H2,1H3,(H,22,24)/t16-/m0/s1.